The van der Waals surface area contributed by atoms with Gasteiger partial charge in [0, 0.05) is 44.2 Å². The molecule has 0 aromatic heterocycles. The highest BCUT2D eigenvalue weighted by molar-refractivity contribution is 6.03. The van der Waals surface area contributed by atoms with E-state index < -0.39 is 35.5 Å². The monoisotopic (exact) mass is 948 g/mol. The van der Waals surface area contributed by atoms with E-state index in [4.69, 9.17) is 38.4 Å². The molecule has 0 spiro atoms. The molecule has 14 nitrogen and oxygen atoms in total. The number of hydrogen-bond acceptors (Lipinski definition) is 12. The van der Waals surface area contributed by atoms with Crippen molar-refractivity contribution in [3.8, 4) is 23.0 Å². The lowest BCUT2D eigenvalue weighted by molar-refractivity contribution is -0.253. The van der Waals surface area contributed by atoms with E-state index in [1.165, 1.54) is 52.1 Å². The Balaban J connectivity index is 1.55. The summed E-state index contributed by atoms with van der Waals surface area (Å²) in [7, 11) is 4.80. The Morgan fingerprint density at radius 3 is 2.22 bits per heavy atom. The van der Waals surface area contributed by atoms with Crippen molar-refractivity contribution in [3.63, 3.8) is 0 Å². The first kappa shape index (κ1) is 54.2. The van der Waals surface area contributed by atoms with Crippen LogP contribution in [0, 0.1) is 17.8 Å². The van der Waals surface area contributed by atoms with Crippen molar-refractivity contribution < 1.29 is 53.1 Å². The van der Waals surface area contributed by atoms with E-state index >= 15 is 0 Å². The molecule has 0 radical (unpaired) electrons. The smallest absolute Gasteiger partial charge is 0.417 e. The molecule has 1 aliphatic heterocycles. The lowest BCUT2D eigenvalue weighted by Gasteiger charge is -2.59. The van der Waals surface area contributed by atoms with E-state index in [1.54, 1.807) is 55.5 Å². The van der Waals surface area contributed by atoms with Gasteiger partial charge < -0.3 is 48.4 Å². The molecule has 68 heavy (non-hydrogen) atoms. The highest BCUT2D eigenvalue weighted by Crippen LogP contribution is 2.62. The number of unbranched alkanes of at least 4 members (excludes halogenated alkanes) is 11. The minimum absolute atomic E-state index is 0.0203. The summed E-state index contributed by atoms with van der Waals surface area (Å²) >= 11 is 0. The molecule has 0 bridgehead atoms. The van der Waals surface area contributed by atoms with E-state index in [2.05, 4.69) is 24.9 Å². The van der Waals surface area contributed by atoms with E-state index in [-0.39, 0.29) is 44.0 Å². The molecule has 14 heteroatoms. The summed E-state index contributed by atoms with van der Waals surface area (Å²) in [6.07, 6.45) is 19.1. The van der Waals surface area contributed by atoms with E-state index in [0.29, 0.717) is 53.8 Å². The van der Waals surface area contributed by atoms with Crippen LogP contribution in [0.5, 0.6) is 23.0 Å². The molecule has 6 atom stereocenters. The second-order valence-corrected chi connectivity index (χ2v) is 19.5. The highest BCUT2D eigenvalue weighted by atomic mass is 16.7. The molecule has 0 saturated heterocycles. The topological polar surface area (TPSA) is 167 Å². The lowest BCUT2D eigenvalue weighted by Crippen LogP contribution is -2.69. The number of hydrogen-bond donors (Lipinski definition) is 3. The molecule has 2 amide bonds. The third-order valence-electron chi connectivity index (χ3n) is 13.4. The average molecular weight is 948 g/mol. The van der Waals surface area contributed by atoms with Crippen LogP contribution in [0.2, 0.25) is 0 Å². The van der Waals surface area contributed by atoms with Gasteiger partial charge in [-0.1, -0.05) is 94.9 Å². The fraction of sp³-hybridized carbons (Fsp3) is 0.648. The van der Waals surface area contributed by atoms with Crippen LogP contribution in [0.3, 0.4) is 0 Å². The summed E-state index contributed by atoms with van der Waals surface area (Å²) in [4.78, 5) is 35.7. The molecule has 2 aromatic carbocycles. The van der Waals surface area contributed by atoms with Crippen LogP contribution in [-0.4, -0.2) is 98.1 Å². The molecule has 1 fully saturated rings. The van der Waals surface area contributed by atoms with Crippen LogP contribution in [0.15, 0.2) is 65.9 Å². The van der Waals surface area contributed by atoms with Gasteiger partial charge in [-0.15, -0.1) is 6.58 Å². The van der Waals surface area contributed by atoms with Gasteiger partial charge in [-0.3, -0.25) is 5.32 Å². The molecular weight excluding hydrogens is 867 g/mol. The second-order valence-electron chi connectivity index (χ2n) is 19.5. The van der Waals surface area contributed by atoms with Crippen molar-refractivity contribution in [2.24, 2.45) is 22.9 Å². The van der Waals surface area contributed by atoms with Crippen LogP contribution in [0.25, 0.3) is 0 Å². The van der Waals surface area contributed by atoms with Gasteiger partial charge in [-0.05, 0) is 101 Å². The largest absolute Gasteiger partial charge is 0.497 e. The van der Waals surface area contributed by atoms with Crippen LogP contribution in [0.1, 0.15) is 148 Å². The number of rotatable bonds is 28. The Morgan fingerprint density at radius 2 is 1.57 bits per heavy atom. The summed E-state index contributed by atoms with van der Waals surface area (Å²) in [6, 6.07) is 9.70. The fourth-order valence-electron chi connectivity index (χ4n) is 10.1. The Kier molecular flexibility index (Phi) is 21.4. The van der Waals surface area contributed by atoms with Gasteiger partial charge >= 0.3 is 12.2 Å². The molecular formula is C54H81N3O11. The van der Waals surface area contributed by atoms with Crippen molar-refractivity contribution in [1.82, 2.24) is 4.90 Å². The molecule has 2 aromatic rings. The molecule has 1 heterocycles. The van der Waals surface area contributed by atoms with Gasteiger partial charge in [0.15, 0.2) is 0 Å². The number of allylic oxidation sites excluding steroid dienone is 1. The predicted octanol–water partition coefficient (Wildman–Crippen LogP) is 11.7. The maximum Gasteiger partial charge on any atom is 0.417 e. The molecule has 3 aliphatic rings. The number of benzene rings is 2. The maximum atomic E-state index is 14.3. The van der Waals surface area contributed by atoms with Crippen molar-refractivity contribution in [1.29, 1.82) is 0 Å². The first-order chi connectivity index (χ1) is 32.8. The van der Waals surface area contributed by atoms with Gasteiger partial charge in [-0.2, -0.15) is 0 Å². The van der Waals surface area contributed by atoms with E-state index in [0.717, 1.165) is 56.1 Å². The average Bonchev–Trinajstić information content (AvgIpc) is 3.32. The SMILES string of the molecule is C=CCO[C@@]12Oc3ccc(OC(=O)Nc4ccc(OC)cc4OC)cc3[C@H]3[C@H](CCCCO)[C@@H](CCCCO)C=C(C(=NOC(C)(C)C)C[C@@H]1N(C)C(=O)OCCCCCCCCCCCC)[C@H]32. The number of methoxy groups -OCH3 is 2. The predicted molar refractivity (Wildman–Crippen MR) is 266 cm³/mol. The minimum Gasteiger partial charge on any atom is -0.497 e. The number of nitrogens with one attached hydrogen (secondary N) is 1. The summed E-state index contributed by atoms with van der Waals surface area (Å²) < 4.78 is 37.1. The number of ether oxygens (including phenoxy) is 6. The lowest BCUT2D eigenvalue weighted by atomic mass is 9.55. The maximum absolute atomic E-state index is 14.3. The molecule has 5 rings (SSSR count). The number of aliphatic hydroxyl groups excluding tert-OH is 2. The number of fused-ring (bicyclic) bond motifs is 2. The number of amides is 2. The second kappa shape index (κ2) is 26.8. The highest BCUT2D eigenvalue weighted by Gasteiger charge is 2.65. The summed E-state index contributed by atoms with van der Waals surface area (Å²) in [5.74, 6) is -0.481. The summed E-state index contributed by atoms with van der Waals surface area (Å²) in [5.41, 5.74) is 2.19. The number of oxime groups is 1. The van der Waals surface area contributed by atoms with Crippen LogP contribution in [-0.2, 0) is 14.3 Å². The Morgan fingerprint density at radius 1 is 0.897 bits per heavy atom. The van der Waals surface area contributed by atoms with Gasteiger partial charge in [0.1, 0.15) is 34.6 Å². The Labute approximate surface area is 405 Å². The number of carbonyl (C=O) groups excluding carboxylic acids is 2. The molecule has 3 N–H and O–H groups in total. The van der Waals surface area contributed by atoms with Crippen LogP contribution >= 0.6 is 0 Å². The van der Waals surface area contributed by atoms with Crippen LogP contribution < -0.4 is 24.3 Å². The number of carbonyl (C=O) groups is 2. The molecule has 378 valence electrons. The summed E-state index contributed by atoms with van der Waals surface area (Å²) in [5, 5.41) is 27.6. The zero-order valence-electron chi connectivity index (χ0n) is 42.0. The number of likely N-dealkylation sites (N-methyl/N-ethyl adjacent to an activating group) is 1. The normalized spacial score (nSPS) is 22.2. The fourth-order valence-corrected chi connectivity index (χ4v) is 10.1. The third kappa shape index (κ3) is 14.4. The van der Waals surface area contributed by atoms with Gasteiger partial charge in [0.05, 0.1) is 44.8 Å². The Hall–Kier alpha value is -4.79. The standard InChI is InChI=1S/C54H81N3O11/c1-9-11-12-13-14-15-16-17-18-23-33-64-52(61)57(6)48-37-45(56-68-53(3,4)5)42-34-38(24-19-21-30-58)41(25-20-22-31-59)49-43-35-40(27-29-46(43)67-54(48,50(42)49)65-32-10-2)66-51(60)55-44-28-26-39(62-7)36-47(44)63-8/h10,26-29,34-36,38,41,48-50,58-59H,2,9,11-25,30-33,37H2,1,3-8H3,(H,55,60)/t38-,41+,48-,49+,50+,54+/m0/s1. The zero-order chi connectivity index (χ0) is 49.1. The number of anilines is 1. The van der Waals surface area contributed by atoms with Gasteiger partial charge in [-0.25, -0.2) is 9.59 Å². The van der Waals surface area contributed by atoms with Crippen molar-refractivity contribution in [2.75, 3.05) is 53.0 Å². The zero-order valence-corrected chi connectivity index (χ0v) is 42.0. The van der Waals surface area contributed by atoms with Crippen molar-refractivity contribution in [3.05, 3.63) is 66.3 Å². The quantitative estimate of drug-likeness (QED) is 0.0422. The number of nitrogens with zero attached hydrogens (tertiary/aromatic N) is 2. The third-order valence-corrected chi connectivity index (χ3v) is 13.4. The van der Waals surface area contributed by atoms with Gasteiger partial charge in [0.2, 0.25) is 5.79 Å². The minimum atomic E-state index is -1.45. The molecule has 0 unspecified atom stereocenters. The number of aliphatic hydroxyl groups is 2. The van der Waals surface area contributed by atoms with Crippen LogP contribution in [0.4, 0.5) is 15.3 Å². The van der Waals surface area contributed by atoms with Crippen molar-refractivity contribution in [2.45, 2.75) is 160 Å². The van der Waals surface area contributed by atoms with E-state index in [9.17, 15) is 19.8 Å². The molecule has 1 saturated carbocycles. The molecule has 2 aliphatic carbocycles. The first-order valence-corrected chi connectivity index (χ1v) is 25.2. The Bertz CT molecular complexity index is 1980. The van der Waals surface area contributed by atoms with E-state index in [1.807, 2.05) is 26.8 Å². The van der Waals surface area contributed by atoms with Crippen molar-refractivity contribution >= 4 is 23.6 Å². The summed E-state index contributed by atoms with van der Waals surface area (Å²) in [6.45, 7) is 12.7. The van der Waals surface area contributed by atoms with Gasteiger partial charge in [0.25, 0.3) is 0 Å². The first-order valence-electron chi connectivity index (χ1n) is 25.2.